The van der Waals surface area contributed by atoms with Crippen LogP contribution in [0.3, 0.4) is 0 Å². The lowest BCUT2D eigenvalue weighted by molar-refractivity contribution is 0.0922. The molecule has 96 valence electrons. The number of carbonyl (C=O) groups is 1. The molecule has 2 heterocycles. The summed E-state index contributed by atoms with van der Waals surface area (Å²) in [6.07, 6.45) is 1.56. The third kappa shape index (κ3) is 2.48. The summed E-state index contributed by atoms with van der Waals surface area (Å²) in [6, 6.07) is 10.4. The minimum atomic E-state index is -0.288. The first-order chi connectivity index (χ1) is 9.22. The predicted octanol–water partition coefficient (Wildman–Crippen LogP) is 3.61. The van der Waals surface area contributed by atoms with Crippen LogP contribution >= 0.6 is 11.6 Å². The van der Waals surface area contributed by atoms with Gasteiger partial charge in [0.25, 0.3) is 5.91 Å². The van der Waals surface area contributed by atoms with Crippen molar-refractivity contribution in [2.24, 2.45) is 0 Å². The maximum atomic E-state index is 11.9. The van der Waals surface area contributed by atoms with Crippen molar-refractivity contribution in [2.45, 2.75) is 6.54 Å². The lowest BCUT2D eigenvalue weighted by Gasteiger charge is -1.99. The molecule has 3 aromatic rings. The van der Waals surface area contributed by atoms with Crippen LogP contribution in [0.5, 0.6) is 0 Å². The number of nitrogens with one attached hydrogen (secondary N) is 1. The Morgan fingerprint density at radius 1 is 1.26 bits per heavy atom. The zero-order chi connectivity index (χ0) is 13.2. The summed E-state index contributed by atoms with van der Waals surface area (Å²) in [5.41, 5.74) is 0.632. The highest BCUT2D eigenvalue weighted by atomic mass is 35.5. The first-order valence-electron chi connectivity index (χ1n) is 5.72. The van der Waals surface area contributed by atoms with Crippen molar-refractivity contribution in [1.29, 1.82) is 0 Å². The van der Waals surface area contributed by atoms with E-state index in [1.54, 1.807) is 42.7 Å². The Labute approximate surface area is 114 Å². The van der Waals surface area contributed by atoms with E-state index >= 15 is 0 Å². The Morgan fingerprint density at radius 2 is 2.16 bits per heavy atom. The van der Waals surface area contributed by atoms with Gasteiger partial charge in [-0.05, 0) is 36.4 Å². The van der Waals surface area contributed by atoms with Crippen LogP contribution in [-0.4, -0.2) is 5.91 Å². The molecule has 0 bridgehead atoms. The van der Waals surface area contributed by atoms with Gasteiger partial charge < -0.3 is 14.2 Å². The molecule has 0 aliphatic carbocycles. The molecule has 1 amide bonds. The molecule has 0 spiro atoms. The first kappa shape index (κ1) is 11.9. The molecule has 0 fully saturated rings. The number of benzene rings is 1. The molecule has 1 N–H and O–H groups in total. The third-order valence-electron chi connectivity index (χ3n) is 2.71. The zero-order valence-corrected chi connectivity index (χ0v) is 10.6. The summed E-state index contributed by atoms with van der Waals surface area (Å²) in [5.74, 6) is 0.653. The second-order valence-corrected chi connectivity index (χ2v) is 4.49. The smallest absolute Gasteiger partial charge is 0.287 e. The van der Waals surface area contributed by atoms with Crippen LogP contribution in [0.1, 0.15) is 16.3 Å². The number of fused-ring (bicyclic) bond motifs is 1. The highest BCUT2D eigenvalue weighted by Crippen LogP contribution is 2.23. The molecular formula is C14H10ClNO3. The molecule has 0 unspecified atom stereocenters. The Bertz CT molecular complexity index is 715. The Kier molecular flexibility index (Phi) is 3.01. The molecule has 0 aliphatic rings. The predicted molar refractivity (Wildman–Crippen MR) is 71.1 cm³/mol. The second kappa shape index (κ2) is 4.82. The van der Waals surface area contributed by atoms with Gasteiger partial charge >= 0.3 is 0 Å². The maximum Gasteiger partial charge on any atom is 0.287 e. The molecular weight excluding hydrogens is 266 g/mol. The first-order valence-corrected chi connectivity index (χ1v) is 6.10. The summed E-state index contributed by atoms with van der Waals surface area (Å²) < 4.78 is 10.6. The van der Waals surface area contributed by atoms with Crippen LogP contribution in [0.15, 0.2) is 51.5 Å². The summed E-state index contributed by atoms with van der Waals surface area (Å²) in [4.78, 5) is 11.9. The quantitative estimate of drug-likeness (QED) is 0.794. The van der Waals surface area contributed by atoms with Gasteiger partial charge in [-0.1, -0.05) is 11.6 Å². The number of furan rings is 2. The molecule has 3 rings (SSSR count). The van der Waals surface area contributed by atoms with Crippen LogP contribution in [0.25, 0.3) is 11.0 Å². The van der Waals surface area contributed by atoms with Crippen molar-refractivity contribution in [3.63, 3.8) is 0 Å². The molecule has 0 saturated heterocycles. The van der Waals surface area contributed by atoms with Crippen LogP contribution in [0.2, 0.25) is 5.02 Å². The second-order valence-electron chi connectivity index (χ2n) is 4.05. The van der Waals surface area contributed by atoms with Crippen LogP contribution in [0, 0.1) is 0 Å². The van der Waals surface area contributed by atoms with E-state index in [2.05, 4.69) is 5.32 Å². The Morgan fingerprint density at radius 3 is 2.95 bits per heavy atom. The fraction of sp³-hybridized carbons (Fsp3) is 0.0714. The summed E-state index contributed by atoms with van der Waals surface area (Å²) in [7, 11) is 0. The average molecular weight is 276 g/mol. The molecule has 0 atom stereocenters. The lowest BCUT2D eigenvalue weighted by atomic mass is 10.2. The fourth-order valence-corrected chi connectivity index (χ4v) is 1.97. The molecule has 1 aromatic carbocycles. The van der Waals surface area contributed by atoms with E-state index < -0.39 is 0 Å². The SMILES string of the molecule is O=C(NCc1ccco1)c1cc2cc(Cl)ccc2o1. The topological polar surface area (TPSA) is 55.4 Å². The van der Waals surface area contributed by atoms with Crippen molar-refractivity contribution >= 4 is 28.5 Å². The zero-order valence-electron chi connectivity index (χ0n) is 9.85. The van der Waals surface area contributed by atoms with E-state index in [0.29, 0.717) is 22.9 Å². The molecule has 4 nitrogen and oxygen atoms in total. The molecule has 2 aromatic heterocycles. The Balaban J connectivity index is 1.77. The van der Waals surface area contributed by atoms with E-state index in [1.807, 2.05) is 0 Å². The number of amides is 1. The number of halogens is 1. The number of rotatable bonds is 3. The summed E-state index contributed by atoms with van der Waals surface area (Å²) in [5, 5.41) is 4.13. The third-order valence-corrected chi connectivity index (χ3v) is 2.94. The highest BCUT2D eigenvalue weighted by Gasteiger charge is 2.12. The van der Waals surface area contributed by atoms with Crippen molar-refractivity contribution in [3.05, 3.63) is 59.2 Å². The van der Waals surface area contributed by atoms with E-state index in [-0.39, 0.29) is 11.7 Å². The fourth-order valence-electron chi connectivity index (χ4n) is 1.79. The minimum absolute atomic E-state index is 0.254. The van der Waals surface area contributed by atoms with Crippen molar-refractivity contribution in [3.8, 4) is 0 Å². The van der Waals surface area contributed by atoms with Crippen molar-refractivity contribution in [2.75, 3.05) is 0 Å². The molecule has 0 aliphatic heterocycles. The Hall–Kier alpha value is -2.20. The number of hydrogen-bond donors (Lipinski definition) is 1. The maximum absolute atomic E-state index is 11.9. The molecule has 5 heteroatoms. The van der Waals surface area contributed by atoms with E-state index in [0.717, 1.165) is 5.39 Å². The lowest BCUT2D eigenvalue weighted by Crippen LogP contribution is -2.21. The van der Waals surface area contributed by atoms with E-state index in [4.69, 9.17) is 20.4 Å². The van der Waals surface area contributed by atoms with Gasteiger partial charge in [0.1, 0.15) is 11.3 Å². The largest absolute Gasteiger partial charge is 0.467 e. The van der Waals surface area contributed by atoms with Crippen LogP contribution < -0.4 is 5.32 Å². The number of hydrogen-bond acceptors (Lipinski definition) is 3. The van der Waals surface area contributed by atoms with Gasteiger partial charge in [0.15, 0.2) is 5.76 Å². The molecule has 0 saturated carbocycles. The van der Waals surface area contributed by atoms with Gasteiger partial charge in [-0.25, -0.2) is 0 Å². The van der Waals surface area contributed by atoms with Crippen molar-refractivity contribution < 1.29 is 13.6 Å². The van der Waals surface area contributed by atoms with Crippen LogP contribution in [0.4, 0.5) is 0 Å². The summed E-state index contributed by atoms with van der Waals surface area (Å²) in [6.45, 7) is 0.323. The van der Waals surface area contributed by atoms with E-state index in [1.165, 1.54) is 0 Å². The van der Waals surface area contributed by atoms with Gasteiger partial charge in [0.2, 0.25) is 0 Å². The van der Waals surface area contributed by atoms with Crippen LogP contribution in [-0.2, 0) is 6.54 Å². The van der Waals surface area contributed by atoms with Gasteiger partial charge in [-0.3, -0.25) is 4.79 Å². The molecule has 19 heavy (non-hydrogen) atoms. The van der Waals surface area contributed by atoms with E-state index in [9.17, 15) is 4.79 Å². The normalized spacial score (nSPS) is 10.8. The van der Waals surface area contributed by atoms with Gasteiger partial charge in [-0.2, -0.15) is 0 Å². The molecule has 0 radical (unpaired) electrons. The summed E-state index contributed by atoms with van der Waals surface area (Å²) >= 11 is 5.88. The standard InChI is InChI=1S/C14H10ClNO3/c15-10-3-4-12-9(6-10)7-13(19-12)14(17)16-8-11-2-1-5-18-11/h1-7H,8H2,(H,16,17). The van der Waals surface area contributed by atoms with Gasteiger partial charge in [-0.15, -0.1) is 0 Å². The average Bonchev–Trinajstić information content (AvgIpc) is 3.04. The number of carbonyl (C=O) groups excluding carboxylic acids is 1. The van der Waals surface area contributed by atoms with Crippen molar-refractivity contribution in [1.82, 2.24) is 5.32 Å². The highest BCUT2D eigenvalue weighted by molar-refractivity contribution is 6.31. The monoisotopic (exact) mass is 275 g/mol. The van der Waals surface area contributed by atoms with Gasteiger partial charge in [0, 0.05) is 10.4 Å². The van der Waals surface area contributed by atoms with Gasteiger partial charge in [0.05, 0.1) is 12.8 Å². The minimum Gasteiger partial charge on any atom is -0.467 e.